The number of nitrogens with zero attached hydrogens (tertiary/aromatic N) is 2. The number of benzene rings is 1. The molecule has 1 heterocycles. The number of aromatic nitrogens is 2. The van der Waals surface area contributed by atoms with E-state index < -0.39 is 0 Å². The van der Waals surface area contributed by atoms with Gasteiger partial charge in [0.25, 0.3) is 0 Å². The van der Waals surface area contributed by atoms with E-state index in [2.05, 4.69) is 11.5 Å². The maximum atomic E-state index is 5.66. The molecule has 5 heteroatoms. The van der Waals surface area contributed by atoms with Crippen molar-refractivity contribution in [1.29, 1.82) is 0 Å². The molecule has 0 spiro atoms. The van der Waals surface area contributed by atoms with Crippen molar-refractivity contribution < 1.29 is 9.47 Å². The van der Waals surface area contributed by atoms with Crippen molar-refractivity contribution in [3.63, 3.8) is 0 Å². The van der Waals surface area contributed by atoms with E-state index in [4.69, 9.17) is 20.2 Å². The number of fused-ring (bicyclic) bond motifs is 1. The van der Waals surface area contributed by atoms with E-state index in [0.717, 1.165) is 54.2 Å². The molecule has 22 heavy (non-hydrogen) atoms. The van der Waals surface area contributed by atoms with Crippen molar-refractivity contribution >= 4 is 11.0 Å². The van der Waals surface area contributed by atoms with Crippen LogP contribution in [0.2, 0.25) is 0 Å². The van der Waals surface area contributed by atoms with Crippen LogP contribution in [-0.2, 0) is 13.0 Å². The summed E-state index contributed by atoms with van der Waals surface area (Å²) in [6.45, 7) is 3.89. The minimum absolute atomic E-state index is 0.685. The van der Waals surface area contributed by atoms with Crippen LogP contribution in [0, 0.1) is 0 Å². The molecule has 0 bridgehead atoms. The Morgan fingerprint density at radius 2 is 1.82 bits per heavy atom. The van der Waals surface area contributed by atoms with Crippen LogP contribution < -0.4 is 15.2 Å². The van der Waals surface area contributed by atoms with Gasteiger partial charge in [-0.1, -0.05) is 19.8 Å². The zero-order valence-electron chi connectivity index (χ0n) is 13.9. The Labute approximate surface area is 132 Å². The van der Waals surface area contributed by atoms with E-state index in [1.807, 2.05) is 12.1 Å². The van der Waals surface area contributed by atoms with Gasteiger partial charge in [0, 0.05) is 25.1 Å². The average Bonchev–Trinajstić information content (AvgIpc) is 2.88. The number of nitrogens with two attached hydrogens (primary N) is 1. The molecule has 0 aliphatic carbocycles. The third kappa shape index (κ3) is 3.53. The molecule has 0 amide bonds. The lowest BCUT2D eigenvalue weighted by atomic mass is 10.2. The topological polar surface area (TPSA) is 62.3 Å². The van der Waals surface area contributed by atoms with Crippen LogP contribution in [0.1, 0.15) is 38.4 Å². The third-order valence-electron chi connectivity index (χ3n) is 3.92. The number of aryl methyl sites for hydroxylation is 2. The third-order valence-corrected chi connectivity index (χ3v) is 3.92. The van der Waals surface area contributed by atoms with Gasteiger partial charge in [-0.15, -0.1) is 0 Å². The van der Waals surface area contributed by atoms with Crippen LogP contribution in [0.4, 0.5) is 0 Å². The van der Waals surface area contributed by atoms with E-state index in [1.54, 1.807) is 14.2 Å². The van der Waals surface area contributed by atoms with Gasteiger partial charge < -0.3 is 19.8 Å². The van der Waals surface area contributed by atoms with Gasteiger partial charge in [-0.3, -0.25) is 0 Å². The van der Waals surface area contributed by atoms with Crippen LogP contribution in [0.5, 0.6) is 11.5 Å². The Morgan fingerprint density at radius 1 is 1.09 bits per heavy atom. The molecule has 122 valence electrons. The summed E-state index contributed by atoms with van der Waals surface area (Å²) in [6.07, 6.45) is 5.45. The fourth-order valence-electron chi connectivity index (χ4n) is 2.72. The first-order chi connectivity index (χ1) is 10.7. The molecule has 2 rings (SSSR count). The van der Waals surface area contributed by atoms with Crippen LogP contribution in [0.3, 0.4) is 0 Å². The molecule has 0 aliphatic rings. The van der Waals surface area contributed by atoms with Crippen molar-refractivity contribution in [1.82, 2.24) is 9.55 Å². The summed E-state index contributed by atoms with van der Waals surface area (Å²) in [5, 5.41) is 0. The number of hydrogen-bond donors (Lipinski definition) is 1. The SMILES string of the molecule is CCCCCn1c(CCCN)nc2cc(OC)c(OC)cc21. The fourth-order valence-corrected chi connectivity index (χ4v) is 2.72. The van der Waals surface area contributed by atoms with E-state index in [9.17, 15) is 0 Å². The Hall–Kier alpha value is -1.75. The molecule has 1 aromatic heterocycles. The highest BCUT2D eigenvalue weighted by Gasteiger charge is 2.14. The predicted octanol–water partition coefficient (Wildman–Crippen LogP) is 3.14. The van der Waals surface area contributed by atoms with Crippen LogP contribution in [0.25, 0.3) is 11.0 Å². The second-order valence-corrected chi connectivity index (χ2v) is 5.47. The van der Waals surface area contributed by atoms with Crippen molar-refractivity contribution in [3.8, 4) is 11.5 Å². The van der Waals surface area contributed by atoms with Crippen molar-refractivity contribution in [3.05, 3.63) is 18.0 Å². The maximum absolute atomic E-state index is 5.66. The minimum atomic E-state index is 0.685. The lowest BCUT2D eigenvalue weighted by Crippen LogP contribution is -2.07. The number of imidazole rings is 1. The first kappa shape index (κ1) is 16.6. The molecule has 0 fully saturated rings. The molecule has 5 nitrogen and oxygen atoms in total. The first-order valence-corrected chi connectivity index (χ1v) is 8.06. The summed E-state index contributed by atoms with van der Waals surface area (Å²) in [7, 11) is 3.31. The molecule has 0 unspecified atom stereocenters. The summed E-state index contributed by atoms with van der Waals surface area (Å²) in [6, 6.07) is 3.98. The fraction of sp³-hybridized carbons (Fsp3) is 0.588. The molecule has 2 N–H and O–H groups in total. The largest absolute Gasteiger partial charge is 0.493 e. The zero-order valence-corrected chi connectivity index (χ0v) is 13.9. The highest BCUT2D eigenvalue weighted by atomic mass is 16.5. The quantitative estimate of drug-likeness (QED) is 0.723. The molecule has 0 aliphatic heterocycles. The van der Waals surface area contributed by atoms with Crippen LogP contribution in [0.15, 0.2) is 12.1 Å². The molecule has 0 radical (unpaired) electrons. The summed E-state index contributed by atoms with van der Waals surface area (Å²) >= 11 is 0. The first-order valence-electron chi connectivity index (χ1n) is 8.06. The number of unbranched alkanes of at least 4 members (excludes halogenated alkanes) is 2. The predicted molar refractivity (Wildman–Crippen MR) is 89.7 cm³/mol. The Balaban J connectivity index is 2.44. The number of methoxy groups -OCH3 is 2. The normalized spacial score (nSPS) is 11.1. The molecule has 2 aromatic rings. The highest BCUT2D eigenvalue weighted by molar-refractivity contribution is 5.80. The van der Waals surface area contributed by atoms with Gasteiger partial charge in [0.05, 0.1) is 25.3 Å². The second-order valence-electron chi connectivity index (χ2n) is 5.47. The summed E-state index contributed by atoms with van der Waals surface area (Å²) < 4.78 is 13.1. The van der Waals surface area contributed by atoms with Crippen molar-refractivity contribution in [2.45, 2.75) is 45.6 Å². The maximum Gasteiger partial charge on any atom is 0.163 e. The summed E-state index contributed by atoms with van der Waals surface area (Å²) in [5.41, 5.74) is 7.73. The van der Waals surface area contributed by atoms with Crippen LogP contribution in [-0.4, -0.2) is 30.3 Å². The van der Waals surface area contributed by atoms with Crippen LogP contribution >= 0.6 is 0 Å². The van der Waals surface area contributed by atoms with E-state index in [0.29, 0.717) is 6.54 Å². The van der Waals surface area contributed by atoms with Gasteiger partial charge in [0.2, 0.25) is 0 Å². The lowest BCUT2D eigenvalue weighted by molar-refractivity contribution is 0.355. The Kier molecular flexibility index (Phi) is 6.07. The second kappa shape index (κ2) is 8.03. The van der Waals surface area contributed by atoms with Crippen molar-refractivity contribution in [2.75, 3.05) is 20.8 Å². The minimum Gasteiger partial charge on any atom is -0.493 e. The highest BCUT2D eigenvalue weighted by Crippen LogP contribution is 2.32. The van der Waals surface area contributed by atoms with Gasteiger partial charge >= 0.3 is 0 Å². The van der Waals surface area contributed by atoms with Gasteiger partial charge in [-0.25, -0.2) is 4.98 Å². The van der Waals surface area contributed by atoms with Crippen molar-refractivity contribution in [2.24, 2.45) is 5.73 Å². The van der Waals surface area contributed by atoms with E-state index in [-0.39, 0.29) is 0 Å². The lowest BCUT2D eigenvalue weighted by Gasteiger charge is -2.11. The van der Waals surface area contributed by atoms with Gasteiger partial charge in [0.15, 0.2) is 11.5 Å². The molecule has 0 atom stereocenters. The molecular weight excluding hydrogens is 278 g/mol. The van der Waals surface area contributed by atoms with Gasteiger partial charge in [0.1, 0.15) is 5.82 Å². The Bertz CT molecular complexity index is 607. The zero-order chi connectivity index (χ0) is 15.9. The smallest absolute Gasteiger partial charge is 0.163 e. The molecular formula is C17H27N3O2. The molecule has 0 saturated carbocycles. The summed E-state index contributed by atoms with van der Waals surface area (Å²) in [5.74, 6) is 2.57. The van der Waals surface area contributed by atoms with E-state index in [1.165, 1.54) is 12.8 Å². The standard InChI is InChI=1S/C17H27N3O2/c1-4-5-6-10-20-14-12-16(22-3)15(21-2)11-13(14)19-17(20)8-7-9-18/h11-12H,4-10,18H2,1-3H3. The van der Waals surface area contributed by atoms with E-state index >= 15 is 0 Å². The van der Waals surface area contributed by atoms with Gasteiger partial charge in [-0.05, 0) is 19.4 Å². The number of hydrogen-bond acceptors (Lipinski definition) is 4. The van der Waals surface area contributed by atoms with Gasteiger partial charge in [-0.2, -0.15) is 0 Å². The summed E-state index contributed by atoms with van der Waals surface area (Å²) in [4.78, 5) is 4.78. The average molecular weight is 305 g/mol. The monoisotopic (exact) mass is 305 g/mol. The molecule has 0 saturated heterocycles. The Morgan fingerprint density at radius 3 is 2.45 bits per heavy atom. The number of rotatable bonds is 9. The number of ether oxygens (including phenoxy) is 2. The molecule has 1 aromatic carbocycles.